The van der Waals surface area contributed by atoms with E-state index in [1.807, 2.05) is 0 Å². The maximum atomic E-state index is 13.8. The first-order valence-corrected chi connectivity index (χ1v) is 5.72. The number of halogens is 2. The van der Waals surface area contributed by atoms with Crippen LogP contribution in [0.2, 0.25) is 0 Å². The van der Waals surface area contributed by atoms with Crippen LogP contribution in [0.15, 0.2) is 41.6 Å². The number of oxime groups is 1. The molecule has 0 spiro atoms. The molecule has 0 amide bonds. The zero-order valence-electron chi connectivity index (χ0n) is 10.6. The SMILES string of the molecule is Cc1cc(Oc2ccc(/C(N)=N/O)cc2F)ccc1F. The minimum atomic E-state index is -0.670. The summed E-state index contributed by atoms with van der Waals surface area (Å²) in [5, 5.41) is 11.3. The van der Waals surface area contributed by atoms with Crippen molar-refractivity contribution < 1.29 is 18.7 Å². The van der Waals surface area contributed by atoms with Crippen LogP contribution in [-0.2, 0) is 0 Å². The summed E-state index contributed by atoms with van der Waals surface area (Å²) >= 11 is 0. The van der Waals surface area contributed by atoms with Gasteiger partial charge in [-0.3, -0.25) is 0 Å². The maximum absolute atomic E-state index is 13.8. The highest BCUT2D eigenvalue weighted by molar-refractivity contribution is 5.97. The number of hydrogen-bond acceptors (Lipinski definition) is 3. The molecule has 0 heterocycles. The number of hydrogen-bond donors (Lipinski definition) is 2. The van der Waals surface area contributed by atoms with Gasteiger partial charge in [-0.2, -0.15) is 0 Å². The van der Waals surface area contributed by atoms with Crippen LogP contribution >= 0.6 is 0 Å². The van der Waals surface area contributed by atoms with Crippen LogP contribution in [0.5, 0.6) is 11.5 Å². The fourth-order valence-electron chi connectivity index (χ4n) is 1.61. The third kappa shape index (κ3) is 2.85. The summed E-state index contributed by atoms with van der Waals surface area (Å²) in [7, 11) is 0. The zero-order valence-corrected chi connectivity index (χ0v) is 10.6. The van der Waals surface area contributed by atoms with E-state index >= 15 is 0 Å². The van der Waals surface area contributed by atoms with Gasteiger partial charge in [-0.15, -0.1) is 0 Å². The van der Waals surface area contributed by atoms with E-state index in [0.29, 0.717) is 11.3 Å². The molecular formula is C14H12F2N2O2. The van der Waals surface area contributed by atoms with E-state index in [1.54, 1.807) is 6.92 Å². The van der Waals surface area contributed by atoms with Gasteiger partial charge in [0.25, 0.3) is 0 Å². The third-order valence-electron chi connectivity index (χ3n) is 2.69. The number of benzene rings is 2. The van der Waals surface area contributed by atoms with Crippen LogP contribution in [0.4, 0.5) is 8.78 Å². The van der Waals surface area contributed by atoms with E-state index in [9.17, 15) is 8.78 Å². The molecule has 2 rings (SSSR count). The summed E-state index contributed by atoms with van der Waals surface area (Å²) in [6.45, 7) is 1.58. The van der Waals surface area contributed by atoms with Crippen LogP contribution in [-0.4, -0.2) is 11.0 Å². The van der Waals surface area contributed by atoms with Crippen LogP contribution in [0, 0.1) is 18.6 Å². The number of ether oxygens (including phenoxy) is 1. The summed E-state index contributed by atoms with van der Waals surface area (Å²) < 4.78 is 32.3. The van der Waals surface area contributed by atoms with E-state index in [0.717, 1.165) is 6.07 Å². The molecule has 0 atom stereocenters. The van der Waals surface area contributed by atoms with Gasteiger partial charge in [-0.05, 0) is 48.9 Å². The predicted octanol–water partition coefficient (Wildman–Crippen LogP) is 3.16. The molecule has 0 saturated heterocycles. The largest absolute Gasteiger partial charge is 0.454 e. The number of aryl methyl sites for hydroxylation is 1. The van der Waals surface area contributed by atoms with Crippen LogP contribution in [0.1, 0.15) is 11.1 Å². The highest BCUT2D eigenvalue weighted by atomic mass is 19.1. The lowest BCUT2D eigenvalue weighted by atomic mass is 10.2. The molecule has 0 aliphatic carbocycles. The minimum Gasteiger partial charge on any atom is -0.454 e. The van der Waals surface area contributed by atoms with Gasteiger partial charge in [-0.25, -0.2) is 8.78 Å². The van der Waals surface area contributed by atoms with Crippen LogP contribution < -0.4 is 10.5 Å². The van der Waals surface area contributed by atoms with Crippen molar-refractivity contribution in [3.8, 4) is 11.5 Å². The highest BCUT2D eigenvalue weighted by Crippen LogP contribution is 2.26. The van der Waals surface area contributed by atoms with Gasteiger partial charge in [0.05, 0.1) is 0 Å². The molecule has 0 aliphatic heterocycles. The van der Waals surface area contributed by atoms with E-state index in [4.69, 9.17) is 15.7 Å². The molecule has 0 aliphatic rings. The van der Waals surface area contributed by atoms with Crippen molar-refractivity contribution in [2.24, 2.45) is 10.9 Å². The molecule has 104 valence electrons. The van der Waals surface area contributed by atoms with Gasteiger partial charge >= 0.3 is 0 Å². The molecule has 6 heteroatoms. The van der Waals surface area contributed by atoms with Gasteiger partial charge in [0.15, 0.2) is 17.4 Å². The average Bonchev–Trinajstić information content (AvgIpc) is 2.44. The second-order valence-corrected chi connectivity index (χ2v) is 4.14. The molecule has 0 radical (unpaired) electrons. The van der Waals surface area contributed by atoms with Crippen molar-refractivity contribution in [2.75, 3.05) is 0 Å². The molecular weight excluding hydrogens is 266 g/mol. The Hall–Kier alpha value is -2.63. The monoisotopic (exact) mass is 278 g/mol. The number of amidine groups is 1. The smallest absolute Gasteiger partial charge is 0.170 e. The normalized spacial score (nSPS) is 11.4. The van der Waals surface area contributed by atoms with Crippen molar-refractivity contribution in [2.45, 2.75) is 6.92 Å². The Morgan fingerprint density at radius 1 is 1.15 bits per heavy atom. The Kier molecular flexibility index (Phi) is 3.84. The Morgan fingerprint density at radius 2 is 1.90 bits per heavy atom. The van der Waals surface area contributed by atoms with Gasteiger partial charge < -0.3 is 15.7 Å². The van der Waals surface area contributed by atoms with Crippen molar-refractivity contribution >= 4 is 5.84 Å². The summed E-state index contributed by atoms with van der Waals surface area (Å²) in [6, 6.07) is 7.99. The molecule has 0 fully saturated rings. The molecule has 20 heavy (non-hydrogen) atoms. The number of nitrogens with two attached hydrogens (primary N) is 1. The standard InChI is InChI=1S/C14H12F2N2O2/c1-8-6-10(3-4-11(8)15)20-13-5-2-9(7-12(13)16)14(17)18-19/h2-7,19H,1H3,(H2,17,18). The molecule has 2 aromatic rings. The maximum Gasteiger partial charge on any atom is 0.170 e. The predicted molar refractivity (Wildman–Crippen MR) is 70.1 cm³/mol. The fraction of sp³-hybridized carbons (Fsp3) is 0.0714. The summed E-state index contributed by atoms with van der Waals surface area (Å²) in [5.41, 5.74) is 5.98. The van der Waals surface area contributed by atoms with Crippen molar-refractivity contribution in [1.29, 1.82) is 0 Å². The van der Waals surface area contributed by atoms with E-state index in [-0.39, 0.29) is 23.0 Å². The molecule has 3 N–H and O–H groups in total. The van der Waals surface area contributed by atoms with E-state index in [1.165, 1.54) is 30.3 Å². The first-order valence-electron chi connectivity index (χ1n) is 5.72. The zero-order chi connectivity index (χ0) is 14.7. The van der Waals surface area contributed by atoms with Gasteiger partial charge in [0.2, 0.25) is 0 Å². The fourth-order valence-corrected chi connectivity index (χ4v) is 1.61. The molecule has 0 saturated carbocycles. The Bertz CT molecular complexity index is 672. The second-order valence-electron chi connectivity index (χ2n) is 4.14. The molecule has 4 nitrogen and oxygen atoms in total. The van der Waals surface area contributed by atoms with Crippen LogP contribution in [0.25, 0.3) is 0 Å². The quantitative estimate of drug-likeness (QED) is 0.392. The minimum absolute atomic E-state index is 0.0366. The van der Waals surface area contributed by atoms with Crippen molar-refractivity contribution in [3.63, 3.8) is 0 Å². The second kappa shape index (κ2) is 5.56. The molecule has 0 aromatic heterocycles. The molecule has 0 bridgehead atoms. The highest BCUT2D eigenvalue weighted by Gasteiger charge is 2.09. The Balaban J connectivity index is 2.28. The lowest BCUT2D eigenvalue weighted by Crippen LogP contribution is -2.13. The lowest BCUT2D eigenvalue weighted by molar-refractivity contribution is 0.318. The van der Waals surface area contributed by atoms with Crippen molar-refractivity contribution in [3.05, 3.63) is 59.2 Å². The molecule has 0 unspecified atom stereocenters. The summed E-state index contributed by atoms with van der Waals surface area (Å²) in [4.78, 5) is 0. The van der Waals surface area contributed by atoms with Crippen molar-refractivity contribution in [1.82, 2.24) is 0 Å². The first kappa shape index (κ1) is 13.8. The van der Waals surface area contributed by atoms with Crippen LogP contribution in [0.3, 0.4) is 0 Å². The van der Waals surface area contributed by atoms with E-state index < -0.39 is 5.82 Å². The number of nitrogens with zero attached hydrogens (tertiary/aromatic N) is 1. The van der Waals surface area contributed by atoms with Gasteiger partial charge in [-0.1, -0.05) is 5.16 Å². The average molecular weight is 278 g/mol. The first-order chi connectivity index (χ1) is 9.51. The Morgan fingerprint density at radius 3 is 2.50 bits per heavy atom. The van der Waals surface area contributed by atoms with Gasteiger partial charge in [0, 0.05) is 5.56 Å². The summed E-state index contributed by atoms with van der Waals surface area (Å²) in [5.74, 6) is -0.950. The lowest BCUT2D eigenvalue weighted by Gasteiger charge is -2.09. The third-order valence-corrected chi connectivity index (χ3v) is 2.69. The molecule has 2 aromatic carbocycles. The summed E-state index contributed by atoms with van der Waals surface area (Å²) in [6.07, 6.45) is 0. The number of rotatable bonds is 3. The Labute approximate surface area is 114 Å². The van der Waals surface area contributed by atoms with E-state index in [2.05, 4.69) is 5.16 Å². The van der Waals surface area contributed by atoms with Gasteiger partial charge in [0.1, 0.15) is 11.6 Å². The topological polar surface area (TPSA) is 67.8 Å².